The molecule has 0 unspecified atom stereocenters. The van der Waals surface area contributed by atoms with Crippen LogP contribution in [0.25, 0.3) is 17.1 Å². The van der Waals surface area contributed by atoms with Crippen LogP contribution in [-0.2, 0) is 10.0 Å². The number of piperazine rings is 1. The number of methoxy groups -OCH3 is 1. The molecule has 7 rings (SSSR count). The maximum Gasteiger partial charge on any atom is 0.232 e. The Labute approximate surface area is 294 Å². The fourth-order valence-corrected chi connectivity index (χ4v) is 7.58. The number of nitrogens with zero attached hydrogens (tertiary/aromatic N) is 8. The van der Waals surface area contributed by atoms with Gasteiger partial charge in [0.05, 0.1) is 30.3 Å². The highest BCUT2D eigenvalue weighted by Gasteiger charge is 2.32. The largest absolute Gasteiger partial charge is 0.494 e. The van der Waals surface area contributed by atoms with E-state index in [9.17, 15) is 8.42 Å². The summed E-state index contributed by atoms with van der Waals surface area (Å²) in [6.45, 7) is 10.6. The quantitative estimate of drug-likeness (QED) is 0.217. The van der Waals surface area contributed by atoms with E-state index in [2.05, 4.69) is 66.0 Å². The average Bonchev–Trinajstić information content (AvgIpc) is 3.97. The fraction of sp³-hybridized carbons (Fsp3) is 0.444. The van der Waals surface area contributed by atoms with Crippen LogP contribution in [-0.4, -0.2) is 111 Å². The summed E-state index contributed by atoms with van der Waals surface area (Å²) in [4.78, 5) is 25.9. The first kappa shape index (κ1) is 33.9. The Morgan fingerprint density at radius 3 is 2.38 bits per heavy atom. The van der Waals surface area contributed by atoms with Crippen molar-refractivity contribution < 1.29 is 13.2 Å². The zero-order valence-electron chi connectivity index (χ0n) is 29.3. The Morgan fingerprint density at radius 1 is 0.960 bits per heavy atom. The second-order valence-corrected chi connectivity index (χ2v) is 15.5. The van der Waals surface area contributed by atoms with Gasteiger partial charge in [0.2, 0.25) is 16.0 Å². The second kappa shape index (κ2) is 14.0. The van der Waals surface area contributed by atoms with Crippen molar-refractivity contribution in [3.63, 3.8) is 0 Å². The van der Waals surface area contributed by atoms with E-state index in [1.807, 2.05) is 0 Å². The van der Waals surface area contributed by atoms with Gasteiger partial charge in [-0.2, -0.15) is 4.98 Å². The normalized spacial score (nSPS) is 17.9. The lowest BCUT2D eigenvalue weighted by atomic mass is 9.99. The molecule has 4 heterocycles. The van der Waals surface area contributed by atoms with E-state index in [1.54, 1.807) is 43.9 Å². The van der Waals surface area contributed by atoms with Crippen molar-refractivity contribution >= 4 is 61.6 Å². The standard InChI is InChI=1S/C36H46N10O3S/c1-6-24-23-39-36(42-35(24)40-29-10-9-28-33(38-14-13-37-28)34(29)44(3)50(5,47)48)41-30-21-27(25-7-8-25)31(22-32(30)49-4)46-15-11-26(12-16-46)45-19-17-43(2)18-20-45/h6,9-10,13-14,21-23,25-26H,1,7-8,11-12,15-20H2,2-5H3,(H2,39,40,41,42). The second-order valence-electron chi connectivity index (χ2n) is 13.5. The van der Waals surface area contributed by atoms with E-state index in [0.717, 1.165) is 57.0 Å². The lowest BCUT2D eigenvalue weighted by Gasteiger charge is -2.43. The number of fused-ring (bicyclic) bond motifs is 1. The van der Waals surface area contributed by atoms with Gasteiger partial charge in [0.15, 0.2) is 0 Å². The maximum atomic E-state index is 12.7. The lowest BCUT2D eigenvalue weighted by molar-refractivity contribution is 0.0982. The van der Waals surface area contributed by atoms with Crippen LogP contribution in [0.3, 0.4) is 0 Å². The summed E-state index contributed by atoms with van der Waals surface area (Å²) in [5.41, 5.74) is 5.90. The molecule has 14 heteroatoms. The van der Waals surface area contributed by atoms with Crippen LogP contribution in [0.15, 0.2) is 49.4 Å². The van der Waals surface area contributed by atoms with Crippen LogP contribution < -0.4 is 24.6 Å². The highest BCUT2D eigenvalue weighted by Crippen LogP contribution is 2.48. The number of hydrogen-bond acceptors (Lipinski definition) is 12. The van der Waals surface area contributed by atoms with Gasteiger partial charge < -0.3 is 25.2 Å². The molecular weight excluding hydrogens is 653 g/mol. The molecular formula is C36H46N10O3S. The van der Waals surface area contributed by atoms with Crippen molar-refractivity contribution in [2.24, 2.45) is 0 Å². The van der Waals surface area contributed by atoms with E-state index >= 15 is 0 Å². The number of ether oxygens (including phenoxy) is 1. The Morgan fingerprint density at radius 2 is 1.70 bits per heavy atom. The molecule has 0 atom stereocenters. The van der Waals surface area contributed by atoms with Crippen molar-refractivity contribution in [2.45, 2.75) is 37.6 Å². The number of likely N-dealkylation sites (N-methyl/N-ethyl adjacent to an activating group) is 1. The number of sulfonamides is 1. The smallest absolute Gasteiger partial charge is 0.232 e. The molecule has 0 bridgehead atoms. The number of nitrogens with one attached hydrogen (secondary N) is 2. The average molecular weight is 699 g/mol. The number of hydrogen-bond donors (Lipinski definition) is 2. The molecule has 2 N–H and O–H groups in total. The van der Waals surface area contributed by atoms with E-state index in [4.69, 9.17) is 9.72 Å². The fourth-order valence-electron chi connectivity index (χ4n) is 7.06. The van der Waals surface area contributed by atoms with Crippen molar-refractivity contribution in [1.29, 1.82) is 0 Å². The summed E-state index contributed by atoms with van der Waals surface area (Å²) in [5, 5.41) is 6.75. The summed E-state index contributed by atoms with van der Waals surface area (Å²) in [5.74, 6) is 2.05. The van der Waals surface area contributed by atoms with Gasteiger partial charge in [-0.1, -0.05) is 12.7 Å². The predicted octanol–water partition coefficient (Wildman–Crippen LogP) is 5.05. The monoisotopic (exact) mass is 698 g/mol. The third-order valence-electron chi connectivity index (χ3n) is 10.2. The van der Waals surface area contributed by atoms with E-state index in [0.29, 0.717) is 51.7 Å². The molecule has 2 aromatic heterocycles. The number of rotatable bonds is 11. The molecule has 2 aromatic carbocycles. The number of anilines is 6. The molecule has 264 valence electrons. The minimum absolute atomic E-state index is 0.359. The summed E-state index contributed by atoms with van der Waals surface area (Å²) < 4.78 is 32.5. The first-order chi connectivity index (χ1) is 24.1. The van der Waals surface area contributed by atoms with Gasteiger partial charge in [-0.25, -0.2) is 13.4 Å². The topological polar surface area (TPSA) is 132 Å². The molecule has 2 aliphatic heterocycles. The SMILES string of the molecule is C=Cc1cnc(Nc2cc(C3CC3)c(N3CCC(N4CCN(C)CC4)CC3)cc2OC)nc1Nc1ccc2nccnc2c1N(C)S(C)(=O)=O. The van der Waals surface area contributed by atoms with Gasteiger partial charge in [0, 0.05) is 88.3 Å². The maximum absolute atomic E-state index is 12.7. The van der Waals surface area contributed by atoms with E-state index in [-0.39, 0.29) is 0 Å². The van der Waals surface area contributed by atoms with Crippen LogP contribution in [0.5, 0.6) is 5.75 Å². The molecule has 4 aromatic rings. The summed E-state index contributed by atoms with van der Waals surface area (Å²) in [7, 11) is 1.78. The minimum Gasteiger partial charge on any atom is -0.494 e. The molecule has 2 saturated heterocycles. The Balaban J connectivity index is 1.16. The summed E-state index contributed by atoms with van der Waals surface area (Å²) in [6, 6.07) is 8.59. The van der Waals surface area contributed by atoms with Crippen molar-refractivity contribution in [2.75, 3.05) is 86.6 Å². The van der Waals surface area contributed by atoms with Crippen LogP contribution in [0.2, 0.25) is 0 Å². The van der Waals surface area contributed by atoms with Crippen molar-refractivity contribution in [3.05, 3.63) is 60.6 Å². The van der Waals surface area contributed by atoms with Crippen LogP contribution in [0.4, 0.5) is 34.5 Å². The molecule has 1 saturated carbocycles. The van der Waals surface area contributed by atoms with Crippen LogP contribution >= 0.6 is 0 Å². The van der Waals surface area contributed by atoms with Gasteiger partial charge in [-0.3, -0.25) is 19.2 Å². The zero-order chi connectivity index (χ0) is 35.0. The molecule has 3 aliphatic rings. The molecule has 13 nitrogen and oxygen atoms in total. The molecule has 1 aliphatic carbocycles. The summed E-state index contributed by atoms with van der Waals surface area (Å²) >= 11 is 0. The molecule has 0 spiro atoms. The Hall–Kier alpha value is -4.53. The van der Waals surface area contributed by atoms with Crippen molar-refractivity contribution in [3.8, 4) is 5.75 Å². The van der Waals surface area contributed by atoms with Crippen LogP contribution in [0, 0.1) is 0 Å². The highest BCUT2D eigenvalue weighted by molar-refractivity contribution is 7.92. The number of aromatic nitrogens is 4. The number of piperidine rings is 1. The first-order valence-corrected chi connectivity index (χ1v) is 19.1. The molecule has 0 radical (unpaired) electrons. The van der Waals surface area contributed by atoms with E-state index in [1.165, 1.54) is 48.3 Å². The molecule has 50 heavy (non-hydrogen) atoms. The van der Waals surface area contributed by atoms with E-state index < -0.39 is 10.0 Å². The number of benzene rings is 2. The van der Waals surface area contributed by atoms with Gasteiger partial charge >= 0.3 is 0 Å². The van der Waals surface area contributed by atoms with Gasteiger partial charge in [0.1, 0.15) is 22.8 Å². The third kappa shape index (κ3) is 7.05. The highest BCUT2D eigenvalue weighted by atomic mass is 32.2. The van der Waals surface area contributed by atoms with Gasteiger partial charge in [-0.15, -0.1) is 0 Å². The predicted molar refractivity (Wildman–Crippen MR) is 201 cm³/mol. The Kier molecular flexibility index (Phi) is 9.51. The molecule has 0 amide bonds. The van der Waals surface area contributed by atoms with Crippen LogP contribution in [0.1, 0.15) is 42.7 Å². The third-order valence-corrected chi connectivity index (χ3v) is 11.4. The lowest BCUT2D eigenvalue weighted by Crippen LogP contribution is -2.52. The minimum atomic E-state index is -3.62. The van der Waals surface area contributed by atoms with Crippen molar-refractivity contribution in [1.82, 2.24) is 29.7 Å². The first-order valence-electron chi connectivity index (χ1n) is 17.2. The zero-order valence-corrected chi connectivity index (χ0v) is 30.1. The Bertz CT molecular complexity index is 1990. The van der Waals surface area contributed by atoms with Gasteiger partial charge in [0.25, 0.3) is 0 Å². The summed E-state index contributed by atoms with van der Waals surface area (Å²) in [6.07, 6.45) is 12.3. The van der Waals surface area contributed by atoms with Gasteiger partial charge in [-0.05, 0) is 62.4 Å². The molecule has 3 fully saturated rings.